The van der Waals surface area contributed by atoms with E-state index in [2.05, 4.69) is 35.9 Å². The summed E-state index contributed by atoms with van der Waals surface area (Å²) in [4.78, 5) is 6.97. The molecule has 3 aromatic heterocycles. The predicted octanol–water partition coefficient (Wildman–Crippen LogP) is 2.84. The largest absolute Gasteiger partial charge is 0.468 e. The van der Waals surface area contributed by atoms with Crippen molar-refractivity contribution in [3.63, 3.8) is 0 Å². The lowest BCUT2D eigenvalue weighted by molar-refractivity contribution is 0.225. The van der Waals surface area contributed by atoms with Gasteiger partial charge in [0.1, 0.15) is 11.6 Å². The van der Waals surface area contributed by atoms with Crippen molar-refractivity contribution in [3.05, 3.63) is 42.4 Å². The molecule has 0 amide bonds. The summed E-state index contributed by atoms with van der Waals surface area (Å²) in [5.74, 6) is 3.41. The Kier molecular flexibility index (Phi) is 3.66. The standard InChI is InChI=1S/C18H22N6O/c1-2-9-23(8-1)14(15-4-3-11-25-15)12-20-16-18-22-21-17(13-5-6-13)24(18)10-7-19-16/h3-4,7,10-11,13-14H,1-2,5-6,8-9,12H2,(H,19,20). The van der Waals surface area contributed by atoms with Gasteiger partial charge in [-0.25, -0.2) is 4.98 Å². The van der Waals surface area contributed by atoms with Crippen LogP contribution in [0, 0.1) is 0 Å². The molecule has 25 heavy (non-hydrogen) atoms. The molecule has 7 nitrogen and oxygen atoms in total. The van der Waals surface area contributed by atoms with Crippen molar-refractivity contribution >= 4 is 11.5 Å². The summed E-state index contributed by atoms with van der Waals surface area (Å²) in [6.07, 6.45) is 10.4. The molecule has 4 heterocycles. The van der Waals surface area contributed by atoms with Crippen LogP contribution < -0.4 is 5.32 Å². The van der Waals surface area contributed by atoms with Crippen molar-refractivity contribution in [2.45, 2.75) is 37.6 Å². The molecule has 1 aliphatic heterocycles. The van der Waals surface area contributed by atoms with E-state index in [1.54, 1.807) is 6.26 Å². The monoisotopic (exact) mass is 338 g/mol. The van der Waals surface area contributed by atoms with E-state index < -0.39 is 0 Å². The number of anilines is 1. The van der Waals surface area contributed by atoms with Gasteiger partial charge in [-0.1, -0.05) is 0 Å². The fourth-order valence-corrected chi connectivity index (χ4v) is 3.73. The minimum Gasteiger partial charge on any atom is -0.468 e. The second-order valence-corrected chi connectivity index (χ2v) is 6.96. The Hall–Kier alpha value is -2.41. The third kappa shape index (κ3) is 2.78. The summed E-state index contributed by atoms with van der Waals surface area (Å²) in [5.41, 5.74) is 0.809. The molecular weight excluding hydrogens is 316 g/mol. The van der Waals surface area contributed by atoms with Crippen LogP contribution in [0.3, 0.4) is 0 Å². The molecule has 1 saturated carbocycles. The van der Waals surface area contributed by atoms with Crippen molar-refractivity contribution < 1.29 is 4.42 Å². The van der Waals surface area contributed by atoms with Gasteiger partial charge >= 0.3 is 0 Å². The maximum atomic E-state index is 5.69. The normalized spacial score (nSPS) is 19.5. The van der Waals surface area contributed by atoms with Crippen LogP contribution in [0.15, 0.2) is 35.2 Å². The zero-order valence-electron chi connectivity index (χ0n) is 14.1. The van der Waals surface area contributed by atoms with Gasteiger partial charge in [0.05, 0.1) is 12.3 Å². The summed E-state index contributed by atoms with van der Waals surface area (Å²) < 4.78 is 7.77. The van der Waals surface area contributed by atoms with E-state index >= 15 is 0 Å². The molecule has 0 radical (unpaired) electrons. The van der Waals surface area contributed by atoms with Gasteiger partial charge in [0.2, 0.25) is 5.65 Å². The van der Waals surface area contributed by atoms with E-state index in [4.69, 9.17) is 4.42 Å². The molecule has 0 bridgehead atoms. The smallest absolute Gasteiger partial charge is 0.203 e. The number of furan rings is 1. The van der Waals surface area contributed by atoms with E-state index in [0.29, 0.717) is 5.92 Å². The number of hydrogen-bond acceptors (Lipinski definition) is 6. The van der Waals surface area contributed by atoms with Crippen LogP contribution in [0.25, 0.3) is 5.65 Å². The number of nitrogens with one attached hydrogen (secondary N) is 1. The second-order valence-electron chi connectivity index (χ2n) is 6.96. The average Bonchev–Trinajstić information content (AvgIpc) is 3.10. The second kappa shape index (κ2) is 6.15. The average molecular weight is 338 g/mol. The number of hydrogen-bond donors (Lipinski definition) is 1. The van der Waals surface area contributed by atoms with E-state index in [1.807, 2.05) is 18.5 Å². The lowest BCUT2D eigenvalue weighted by atomic mass is 10.2. The summed E-state index contributed by atoms with van der Waals surface area (Å²) in [5, 5.41) is 12.2. The Balaban J connectivity index is 1.39. The van der Waals surface area contributed by atoms with E-state index in [-0.39, 0.29) is 6.04 Å². The lowest BCUT2D eigenvalue weighted by Gasteiger charge is -2.26. The lowest BCUT2D eigenvalue weighted by Crippen LogP contribution is -2.31. The molecule has 0 spiro atoms. The Bertz CT molecular complexity index is 848. The van der Waals surface area contributed by atoms with Gasteiger partial charge in [0.15, 0.2) is 5.82 Å². The Morgan fingerprint density at radius 3 is 2.88 bits per heavy atom. The van der Waals surface area contributed by atoms with Gasteiger partial charge in [-0.2, -0.15) is 0 Å². The Morgan fingerprint density at radius 1 is 1.24 bits per heavy atom. The number of aromatic nitrogens is 4. The van der Waals surface area contributed by atoms with Crippen LogP contribution in [-0.2, 0) is 0 Å². The topological polar surface area (TPSA) is 71.5 Å². The fourth-order valence-electron chi connectivity index (χ4n) is 3.73. The first-order valence-corrected chi connectivity index (χ1v) is 9.11. The van der Waals surface area contributed by atoms with Crippen LogP contribution in [0.1, 0.15) is 49.2 Å². The van der Waals surface area contributed by atoms with E-state index in [0.717, 1.165) is 42.7 Å². The van der Waals surface area contributed by atoms with Gasteiger partial charge in [0.25, 0.3) is 0 Å². The fraction of sp³-hybridized carbons (Fsp3) is 0.500. The van der Waals surface area contributed by atoms with Crippen molar-refractivity contribution in [2.75, 3.05) is 25.0 Å². The van der Waals surface area contributed by atoms with Gasteiger partial charge < -0.3 is 9.73 Å². The van der Waals surface area contributed by atoms with Crippen LogP contribution in [0.4, 0.5) is 5.82 Å². The molecule has 0 aromatic carbocycles. The first-order valence-electron chi connectivity index (χ1n) is 9.11. The quantitative estimate of drug-likeness (QED) is 0.745. The van der Waals surface area contributed by atoms with Crippen LogP contribution in [0.2, 0.25) is 0 Å². The van der Waals surface area contributed by atoms with Crippen molar-refractivity contribution in [3.8, 4) is 0 Å². The van der Waals surface area contributed by atoms with E-state index in [1.165, 1.54) is 25.7 Å². The highest BCUT2D eigenvalue weighted by Gasteiger charge is 2.29. The van der Waals surface area contributed by atoms with Gasteiger partial charge in [0, 0.05) is 24.9 Å². The molecule has 130 valence electrons. The van der Waals surface area contributed by atoms with Gasteiger partial charge in [-0.05, 0) is 50.9 Å². The maximum absolute atomic E-state index is 5.69. The molecule has 1 N–H and O–H groups in total. The minimum atomic E-state index is 0.213. The zero-order chi connectivity index (χ0) is 16.6. The minimum absolute atomic E-state index is 0.213. The zero-order valence-corrected chi connectivity index (χ0v) is 14.1. The summed E-state index contributed by atoms with van der Waals surface area (Å²) in [6.45, 7) is 2.97. The molecule has 1 aliphatic carbocycles. The third-order valence-corrected chi connectivity index (χ3v) is 5.21. The van der Waals surface area contributed by atoms with Gasteiger partial charge in [-0.15, -0.1) is 10.2 Å². The molecule has 1 unspecified atom stereocenters. The molecule has 7 heteroatoms. The highest BCUT2D eigenvalue weighted by Crippen LogP contribution is 2.39. The Labute approximate surface area is 146 Å². The number of rotatable bonds is 6. The van der Waals surface area contributed by atoms with Crippen LogP contribution in [-0.4, -0.2) is 44.1 Å². The molecule has 2 fully saturated rings. The Morgan fingerprint density at radius 2 is 2.12 bits per heavy atom. The number of likely N-dealkylation sites (tertiary alicyclic amines) is 1. The van der Waals surface area contributed by atoms with Crippen LogP contribution in [0.5, 0.6) is 0 Å². The molecule has 1 atom stereocenters. The molecular formula is C18H22N6O. The first-order chi connectivity index (χ1) is 12.4. The predicted molar refractivity (Wildman–Crippen MR) is 93.5 cm³/mol. The third-order valence-electron chi connectivity index (χ3n) is 5.21. The van der Waals surface area contributed by atoms with Crippen molar-refractivity contribution in [1.82, 2.24) is 24.5 Å². The van der Waals surface area contributed by atoms with Crippen molar-refractivity contribution in [1.29, 1.82) is 0 Å². The molecule has 1 saturated heterocycles. The summed E-state index contributed by atoms with van der Waals surface area (Å²) >= 11 is 0. The van der Waals surface area contributed by atoms with Crippen molar-refractivity contribution in [2.24, 2.45) is 0 Å². The molecule has 2 aliphatic rings. The SMILES string of the molecule is c1coc(C(CNc2nccn3c(C4CC4)nnc23)N2CCCC2)c1. The van der Waals surface area contributed by atoms with Crippen LogP contribution >= 0.6 is 0 Å². The highest BCUT2D eigenvalue weighted by molar-refractivity contribution is 5.62. The molecule has 3 aromatic rings. The number of nitrogens with zero attached hydrogens (tertiary/aromatic N) is 5. The van der Waals surface area contributed by atoms with Gasteiger partial charge in [-0.3, -0.25) is 9.30 Å². The van der Waals surface area contributed by atoms with E-state index in [9.17, 15) is 0 Å². The summed E-state index contributed by atoms with van der Waals surface area (Å²) in [6, 6.07) is 4.23. The maximum Gasteiger partial charge on any atom is 0.203 e. The molecule has 5 rings (SSSR count). The summed E-state index contributed by atoms with van der Waals surface area (Å²) in [7, 11) is 0. The first kappa shape index (κ1) is 14.9. The highest BCUT2D eigenvalue weighted by atomic mass is 16.3. The number of fused-ring (bicyclic) bond motifs is 1.